The Morgan fingerprint density at radius 2 is 1.55 bits per heavy atom. The summed E-state index contributed by atoms with van der Waals surface area (Å²) >= 11 is 0. The van der Waals surface area contributed by atoms with Crippen LogP contribution in [0.5, 0.6) is 0 Å². The van der Waals surface area contributed by atoms with Gasteiger partial charge in [0.05, 0.1) is 7.85 Å². The number of ketones is 1. The quantitative estimate of drug-likeness (QED) is 0.628. The normalized spacial score (nSPS) is 12.0. The van der Waals surface area contributed by atoms with Gasteiger partial charge in [-0.25, -0.2) is 0 Å². The van der Waals surface area contributed by atoms with Crippen LogP contribution in [0.15, 0.2) is 0 Å². The summed E-state index contributed by atoms with van der Waals surface area (Å²) in [7, 11) is 5.32. The van der Waals surface area contributed by atoms with Gasteiger partial charge in [-0.2, -0.15) is 0 Å². The number of carboxylic acid groups (broad SMARTS) is 1. The smallest absolute Gasteiger partial charge is 0.322 e. The summed E-state index contributed by atoms with van der Waals surface area (Å²) < 4.78 is 0. The number of amides is 1. The van der Waals surface area contributed by atoms with Crippen molar-refractivity contribution in [1.82, 2.24) is 5.32 Å². The molecule has 0 fully saturated rings. The van der Waals surface area contributed by atoms with Gasteiger partial charge in [0, 0.05) is 12.8 Å². The molecule has 0 heterocycles. The van der Waals surface area contributed by atoms with Crippen LogP contribution in [0.25, 0.3) is 0 Å². The first kappa shape index (κ1) is 18.7. The first-order valence-electron chi connectivity index (χ1n) is 6.68. The van der Waals surface area contributed by atoms with Gasteiger partial charge in [0.15, 0.2) is 0 Å². The molecule has 5 nitrogen and oxygen atoms in total. The van der Waals surface area contributed by atoms with Crippen LogP contribution in [0, 0.1) is 10.8 Å². The summed E-state index contributed by atoms with van der Waals surface area (Å²) in [4.78, 5) is 33.5. The molecule has 112 valence electrons. The SMILES string of the molecule is [B]CC(=O)CC(C)(C)CC(C)(C)CC(=O)NCC(=O)O. The number of carbonyl (C=O) groups excluding carboxylic acids is 2. The van der Waals surface area contributed by atoms with E-state index in [-0.39, 0.29) is 41.8 Å². The second-order valence-corrected chi connectivity index (χ2v) is 6.77. The number of nitrogens with one attached hydrogen (secondary N) is 1. The Morgan fingerprint density at radius 3 is 2.00 bits per heavy atom. The lowest BCUT2D eigenvalue weighted by molar-refractivity contribution is -0.138. The third kappa shape index (κ3) is 8.72. The average molecular weight is 281 g/mol. The van der Waals surface area contributed by atoms with Crippen LogP contribution in [-0.2, 0) is 14.4 Å². The fraction of sp³-hybridized carbons (Fsp3) is 0.786. The summed E-state index contributed by atoms with van der Waals surface area (Å²) in [5.41, 5.74) is -0.562. The van der Waals surface area contributed by atoms with Gasteiger partial charge in [0.2, 0.25) is 5.91 Å². The van der Waals surface area contributed by atoms with Gasteiger partial charge >= 0.3 is 5.97 Å². The monoisotopic (exact) mass is 281 g/mol. The highest BCUT2D eigenvalue weighted by atomic mass is 16.4. The molecule has 0 aromatic carbocycles. The summed E-state index contributed by atoms with van der Waals surface area (Å²) in [5, 5.41) is 10.9. The zero-order valence-electron chi connectivity index (χ0n) is 12.8. The highest BCUT2D eigenvalue weighted by molar-refractivity contribution is 6.20. The van der Waals surface area contributed by atoms with Gasteiger partial charge in [-0.05, 0) is 23.6 Å². The van der Waals surface area contributed by atoms with Crippen molar-refractivity contribution < 1.29 is 19.5 Å². The number of aliphatic carboxylic acids is 1. The summed E-state index contributed by atoms with van der Waals surface area (Å²) in [6, 6.07) is 0. The standard InChI is InChI=1S/C14H24BNO4/c1-13(2,5-10(17)7-15)9-14(3,4)6-11(18)16-8-12(19)20/h5-9H2,1-4H3,(H,16,18)(H,19,20). The minimum absolute atomic E-state index is 0.00105. The van der Waals surface area contributed by atoms with Crippen molar-refractivity contribution in [3.8, 4) is 0 Å². The van der Waals surface area contributed by atoms with Crippen molar-refractivity contribution in [3.05, 3.63) is 0 Å². The Bertz CT molecular complexity index is 377. The van der Waals surface area contributed by atoms with Crippen LogP contribution < -0.4 is 5.32 Å². The topological polar surface area (TPSA) is 83.5 Å². The minimum atomic E-state index is -1.06. The van der Waals surface area contributed by atoms with Crippen LogP contribution in [0.4, 0.5) is 0 Å². The Hall–Kier alpha value is -1.33. The lowest BCUT2D eigenvalue weighted by atomic mass is 9.70. The molecule has 0 saturated carbocycles. The number of carbonyl (C=O) groups is 3. The predicted molar refractivity (Wildman–Crippen MR) is 77.6 cm³/mol. The van der Waals surface area contributed by atoms with E-state index in [1.165, 1.54) is 0 Å². The first-order chi connectivity index (χ1) is 8.97. The van der Waals surface area contributed by atoms with Crippen molar-refractivity contribution in [2.24, 2.45) is 10.8 Å². The Balaban J connectivity index is 4.45. The number of carboxylic acids is 1. The van der Waals surface area contributed by atoms with E-state index >= 15 is 0 Å². The molecule has 0 atom stereocenters. The number of Topliss-reactive ketones (excluding diaryl/α,β-unsaturated/α-hetero) is 1. The van der Waals surface area contributed by atoms with Gasteiger partial charge in [-0.15, -0.1) is 0 Å². The lowest BCUT2D eigenvalue weighted by Gasteiger charge is -2.34. The first-order valence-corrected chi connectivity index (χ1v) is 6.68. The molecule has 0 spiro atoms. The highest BCUT2D eigenvalue weighted by Gasteiger charge is 2.31. The van der Waals surface area contributed by atoms with Gasteiger partial charge in [0.25, 0.3) is 0 Å². The summed E-state index contributed by atoms with van der Waals surface area (Å²) in [5.74, 6) is -1.36. The van der Waals surface area contributed by atoms with E-state index in [9.17, 15) is 14.4 Å². The molecule has 0 aliphatic rings. The molecule has 1 amide bonds. The van der Waals surface area contributed by atoms with Crippen LogP contribution in [-0.4, -0.2) is 37.2 Å². The molecule has 0 rings (SSSR count). The van der Waals surface area contributed by atoms with Crippen LogP contribution >= 0.6 is 0 Å². The van der Waals surface area contributed by atoms with Crippen molar-refractivity contribution >= 4 is 25.5 Å². The number of hydrogen-bond donors (Lipinski definition) is 2. The molecule has 0 bridgehead atoms. The Morgan fingerprint density at radius 1 is 1.05 bits per heavy atom. The average Bonchev–Trinajstić information content (AvgIpc) is 2.22. The lowest BCUT2D eigenvalue weighted by Crippen LogP contribution is -2.34. The zero-order chi connectivity index (χ0) is 16.0. The molecule has 0 aromatic heterocycles. The van der Waals surface area contributed by atoms with E-state index in [0.717, 1.165) is 0 Å². The Labute approximate surface area is 121 Å². The molecular formula is C14H24BNO4. The van der Waals surface area contributed by atoms with Crippen LogP contribution in [0.3, 0.4) is 0 Å². The van der Waals surface area contributed by atoms with Crippen molar-refractivity contribution in [1.29, 1.82) is 0 Å². The maximum atomic E-state index is 11.7. The molecular weight excluding hydrogens is 257 g/mol. The third-order valence-corrected chi connectivity index (χ3v) is 2.94. The fourth-order valence-corrected chi connectivity index (χ4v) is 2.70. The second kappa shape index (κ2) is 7.46. The zero-order valence-corrected chi connectivity index (χ0v) is 12.8. The minimum Gasteiger partial charge on any atom is -0.480 e. The van der Waals surface area contributed by atoms with Crippen molar-refractivity contribution in [2.45, 2.75) is 53.3 Å². The summed E-state index contributed by atoms with van der Waals surface area (Å²) in [6.07, 6.45) is 1.30. The highest BCUT2D eigenvalue weighted by Crippen LogP contribution is 2.38. The van der Waals surface area contributed by atoms with E-state index < -0.39 is 5.97 Å². The maximum absolute atomic E-state index is 11.7. The number of rotatable bonds is 9. The number of hydrogen-bond acceptors (Lipinski definition) is 3. The van der Waals surface area contributed by atoms with Crippen LogP contribution in [0.1, 0.15) is 47.0 Å². The van der Waals surface area contributed by atoms with E-state index in [1.54, 1.807) is 0 Å². The van der Waals surface area contributed by atoms with Gasteiger partial charge in [-0.1, -0.05) is 27.7 Å². The van der Waals surface area contributed by atoms with E-state index in [0.29, 0.717) is 12.8 Å². The molecule has 2 N–H and O–H groups in total. The largest absolute Gasteiger partial charge is 0.480 e. The van der Waals surface area contributed by atoms with E-state index in [1.807, 2.05) is 27.7 Å². The molecule has 0 saturated heterocycles. The predicted octanol–water partition coefficient (Wildman–Crippen LogP) is 1.57. The molecule has 0 unspecified atom stereocenters. The fourth-order valence-electron chi connectivity index (χ4n) is 2.70. The van der Waals surface area contributed by atoms with Crippen molar-refractivity contribution in [3.63, 3.8) is 0 Å². The van der Waals surface area contributed by atoms with Crippen LogP contribution in [0.2, 0.25) is 6.32 Å². The van der Waals surface area contributed by atoms with Gasteiger partial charge in [0.1, 0.15) is 12.3 Å². The maximum Gasteiger partial charge on any atom is 0.322 e. The molecule has 0 aliphatic carbocycles. The molecule has 6 heteroatoms. The van der Waals surface area contributed by atoms with Crippen molar-refractivity contribution in [2.75, 3.05) is 6.54 Å². The second-order valence-electron chi connectivity index (χ2n) is 6.77. The molecule has 20 heavy (non-hydrogen) atoms. The third-order valence-electron chi connectivity index (χ3n) is 2.94. The molecule has 2 radical (unpaired) electrons. The van der Waals surface area contributed by atoms with E-state index in [4.69, 9.17) is 13.0 Å². The van der Waals surface area contributed by atoms with Gasteiger partial charge < -0.3 is 15.2 Å². The van der Waals surface area contributed by atoms with E-state index in [2.05, 4.69) is 5.32 Å². The summed E-state index contributed by atoms with van der Waals surface area (Å²) in [6.45, 7) is 7.43. The Kier molecular flexibility index (Phi) is 6.96. The molecule has 0 aromatic rings. The molecule has 0 aliphatic heterocycles. The van der Waals surface area contributed by atoms with Gasteiger partial charge in [-0.3, -0.25) is 9.59 Å².